The molecule has 0 radical (unpaired) electrons. The monoisotopic (exact) mass is 336 g/mol. The van der Waals surface area contributed by atoms with Crippen LogP contribution in [0.5, 0.6) is 5.75 Å². The minimum Gasteiger partial charge on any atom is -0.497 e. The highest BCUT2D eigenvalue weighted by Crippen LogP contribution is 2.22. The van der Waals surface area contributed by atoms with Crippen molar-refractivity contribution in [3.8, 4) is 5.75 Å². The second kappa shape index (κ2) is 7.08. The van der Waals surface area contributed by atoms with E-state index in [9.17, 15) is 13.2 Å². The molecule has 1 aliphatic rings. The van der Waals surface area contributed by atoms with Crippen molar-refractivity contribution in [2.45, 2.75) is 10.9 Å². The van der Waals surface area contributed by atoms with E-state index in [1.165, 1.54) is 31.4 Å². The van der Waals surface area contributed by atoms with Crippen LogP contribution in [-0.4, -0.2) is 56.6 Å². The van der Waals surface area contributed by atoms with Gasteiger partial charge in [-0.25, -0.2) is 8.42 Å². The summed E-state index contributed by atoms with van der Waals surface area (Å²) in [5.74, 6) is -0.617. The van der Waals surface area contributed by atoms with Crippen LogP contribution in [0.25, 0.3) is 0 Å². The van der Waals surface area contributed by atoms with Crippen molar-refractivity contribution in [2.24, 2.45) is 0 Å². The van der Waals surface area contributed by atoms with Gasteiger partial charge in [0.25, 0.3) is 0 Å². The van der Waals surface area contributed by atoms with Crippen LogP contribution in [0.4, 0.5) is 0 Å². The summed E-state index contributed by atoms with van der Waals surface area (Å²) >= 11 is 0. The zero-order valence-electron chi connectivity index (χ0n) is 11.4. The Morgan fingerprint density at radius 1 is 1.38 bits per heavy atom. The van der Waals surface area contributed by atoms with E-state index < -0.39 is 22.0 Å². The SMILES string of the molecule is COc1ccc(S(=O)(=O)N2CCNC[C@@H]2C(=O)O)cc1.Cl. The molecule has 0 aromatic heterocycles. The number of sulfonamides is 1. The maximum Gasteiger partial charge on any atom is 0.323 e. The number of hydrogen-bond acceptors (Lipinski definition) is 5. The summed E-state index contributed by atoms with van der Waals surface area (Å²) in [7, 11) is -2.34. The molecule has 0 spiro atoms. The molecule has 1 saturated heterocycles. The highest BCUT2D eigenvalue weighted by molar-refractivity contribution is 7.89. The normalized spacial score (nSPS) is 19.6. The van der Waals surface area contributed by atoms with Crippen LogP contribution >= 0.6 is 12.4 Å². The van der Waals surface area contributed by atoms with Crippen LogP contribution in [0.1, 0.15) is 0 Å². The lowest BCUT2D eigenvalue weighted by molar-refractivity contribution is -0.141. The van der Waals surface area contributed by atoms with Crippen LogP contribution in [-0.2, 0) is 14.8 Å². The molecule has 1 heterocycles. The molecule has 0 unspecified atom stereocenters. The van der Waals surface area contributed by atoms with Gasteiger partial charge in [0.05, 0.1) is 12.0 Å². The molecule has 118 valence electrons. The molecule has 0 aliphatic carbocycles. The minimum absolute atomic E-state index is 0. The number of nitrogens with one attached hydrogen (secondary N) is 1. The number of halogens is 1. The van der Waals surface area contributed by atoms with Gasteiger partial charge in [-0.3, -0.25) is 4.79 Å². The lowest BCUT2D eigenvalue weighted by atomic mass is 10.2. The maximum atomic E-state index is 12.5. The van der Waals surface area contributed by atoms with E-state index in [1.807, 2.05) is 0 Å². The maximum absolute atomic E-state index is 12.5. The third-order valence-corrected chi connectivity index (χ3v) is 5.07. The second-order valence-electron chi connectivity index (χ2n) is 4.35. The minimum atomic E-state index is -3.82. The van der Waals surface area contributed by atoms with Gasteiger partial charge in [0.2, 0.25) is 10.0 Å². The number of benzene rings is 1. The fourth-order valence-electron chi connectivity index (χ4n) is 2.07. The molecular weight excluding hydrogens is 320 g/mol. The summed E-state index contributed by atoms with van der Waals surface area (Å²) in [6.07, 6.45) is 0. The summed E-state index contributed by atoms with van der Waals surface area (Å²) in [4.78, 5) is 11.2. The quantitative estimate of drug-likeness (QED) is 0.813. The number of piperazine rings is 1. The molecule has 2 rings (SSSR count). The van der Waals surface area contributed by atoms with Gasteiger partial charge in [0.15, 0.2) is 0 Å². The zero-order valence-corrected chi connectivity index (χ0v) is 13.0. The molecule has 1 aromatic carbocycles. The van der Waals surface area contributed by atoms with Crippen molar-refractivity contribution in [3.05, 3.63) is 24.3 Å². The molecule has 9 heteroatoms. The predicted octanol–water partition coefficient (Wildman–Crippen LogP) is 0.164. The van der Waals surface area contributed by atoms with E-state index >= 15 is 0 Å². The molecule has 0 bridgehead atoms. The lowest BCUT2D eigenvalue weighted by Crippen LogP contribution is -2.56. The molecule has 1 fully saturated rings. The van der Waals surface area contributed by atoms with Gasteiger partial charge < -0.3 is 15.2 Å². The average Bonchev–Trinajstić information content (AvgIpc) is 2.47. The Hall–Kier alpha value is -1.35. The molecule has 21 heavy (non-hydrogen) atoms. The molecule has 0 saturated carbocycles. The summed E-state index contributed by atoms with van der Waals surface area (Å²) < 4.78 is 31.0. The predicted molar refractivity (Wildman–Crippen MR) is 78.4 cm³/mol. The van der Waals surface area contributed by atoms with E-state index in [-0.39, 0.29) is 30.4 Å². The molecule has 7 nitrogen and oxygen atoms in total. The lowest BCUT2D eigenvalue weighted by Gasteiger charge is -2.32. The Bertz CT molecular complexity index is 590. The number of methoxy groups -OCH3 is 1. The van der Waals surface area contributed by atoms with Crippen LogP contribution in [0, 0.1) is 0 Å². The second-order valence-corrected chi connectivity index (χ2v) is 6.24. The van der Waals surface area contributed by atoms with Crippen molar-refractivity contribution in [1.29, 1.82) is 0 Å². The van der Waals surface area contributed by atoms with Crippen LogP contribution in [0.15, 0.2) is 29.2 Å². The Morgan fingerprint density at radius 3 is 2.52 bits per heavy atom. The first-order valence-electron chi connectivity index (χ1n) is 6.06. The highest BCUT2D eigenvalue weighted by Gasteiger charge is 2.37. The number of carboxylic acids is 1. The molecule has 2 N–H and O–H groups in total. The Balaban J connectivity index is 0.00000220. The van der Waals surface area contributed by atoms with Gasteiger partial charge in [-0.05, 0) is 24.3 Å². The van der Waals surface area contributed by atoms with E-state index in [2.05, 4.69) is 5.32 Å². The van der Waals surface area contributed by atoms with Gasteiger partial charge >= 0.3 is 5.97 Å². The molecule has 1 aromatic rings. The van der Waals surface area contributed by atoms with Crippen molar-refractivity contribution in [1.82, 2.24) is 9.62 Å². The van der Waals surface area contributed by atoms with Crippen molar-refractivity contribution < 1.29 is 23.1 Å². The first-order valence-corrected chi connectivity index (χ1v) is 7.50. The van der Waals surface area contributed by atoms with Gasteiger partial charge in [-0.15, -0.1) is 12.4 Å². The first-order chi connectivity index (χ1) is 9.46. The number of nitrogens with zero attached hydrogens (tertiary/aromatic N) is 1. The Labute approximate surface area is 129 Å². The number of carboxylic acid groups (broad SMARTS) is 1. The van der Waals surface area contributed by atoms with Gasteiger partial charge in [0.1, 0.15) is 11.8 Å². The van der Waals surface area contributed by atoms with Crippen LogP contribution in [0.2, 0.25) is 0 Å². The van der Waals surface area contributed by atoms with Crippen molar-refractivity contribution in [3.63, 3.8) is 0 Å². The molecular formula is C12H17ClN2O5S. The fraction of sp³-hybridized carbons (Fsp3) is 0.417. The number of aliphatic carboxylic acids is 1. The summed E-state index contributed by atoms with van der Waals surface area (Å²) in [6.45, 7) is 0.662. The summed E-state index contributed by atoms with van der Waals surface area (Å²) in [6, 6.07) is 4.80. The van der Waals surface area contributed by atoms with Crippen LogP contribution in [0.3, 0.4) is 0 Å². The molecule has 1 atom stereocenters. The van der Waals surface area contributed by atoms with Gasteiger partial charge in [-0.1, -0.05) is 0 Å². The number of carbonyl (C=O) groups is 1. The first kappa shape index (κ1) is 17.7. The van der Waals surface area contributed by atoms with Crippen molar-refractivity contribution in [2.75, 3.05) is 26.7 Å². The Kier molecular flexibility index (Phi) is 5.97. The third kappa shape index (κ3) is 3.65. The smallest absolute Gasteiger partial charge is 0.323 e. The average molecular weight is 337 g/mol. The fourth-order valence-corrected chi connectivity index (χ4v) is 3.65. The number of rotatable bonds is 4. The van der Waals surface area contributed by atoms with Gasteiger partial charge in [-0.2, -0.15) is 4.31 Å². The summed E-state index contributed by atoms with van der Waals surface area (Å²) in [5.41, 5.74) is 0. The number of ether oxygens (including phenoxy) is 1. The van der Waals surface area contributed by atoms with E-state index in [0.29, 0.717) is 12.3 Å². The topological polar surface area (TPSA) is 95.9 Å². The van der Waals surface area contributed by atoms with Gasteiger partial charge in [0, 0.05) is 19.6 Å². The molecule has 0 amide bonds. The third-order valence-electron chi connectivity index (χ3n) is 3.15. The van der Waals surface area contributed by atoms with Crippen LogP contribution < -0.4 is 10.1 Å². The van der Waals surface area contributed by atoms with E-state index in [1.54, 1.807) is 0 Å². The summed E-state index contributed by atoms with van der Waals surface area (Å²) in [5, 5.41) is 12.0. The van der Waals surface area contributed by atoms with Crippen molar-refractivity contribution >= 4 is 28.4 Å². The largest absolute Gasteiger partial charge is 0.497 e. The van der Waals surface area contributed by atoms with E-state index in [0.717, 1.165) is 4.31 Å². The van der Waals surface area contributed by atoms with E-state index in [4.69, 9.17) is 9.84 Å². The Morgan fingerprint density at radius 2 is 2.00 bits per heavy atom. The zero-order chi connectivity index (χ0) is 14.8. The highest BCUT2D eigenvalue weighted by atomic mass is 35.5. The number of hydrogen-bond donors (Lipinski definition) is 2. The standard InChI is InChI=1S/C12H16N2O5S.ClH/c1-19-9-2-4-10(5-3-9)20(17,18)14-7-6-13-8-11(14)12(15)16;/h2-5,11,13H,6-8H2,1H3,(H,15,16);1H/t11-;/m1./s1. The molecule has 1 aliphatic heterocycles.